The molecule has 2 aromatic rings. The molecule has 0 fully saturated rings. The number of nitro groups is 1. The minimum absolute atomic E-state index is 0.0102. The van der Waals surface area contributed by atoms with Crippen molar-refractivity contribution in [2.75, 3.05) is 5.32 Å². The maximum absolute atomic E-state index is 10.9. The van der Waals surface area contributed by atoms with E-state index < -0.39 is 4.92 Å². The van der Waals surface area contributed by atoms with Crippen LogP contribution in [0.5, 0.6) is 0 Å². The molecule has 0 aliphatic carbocycles. The topological polar surface area (TPSA) is 86.1 Å². The van der Waals surface area contributed by atoms with Crippen molar-refractivity contribution < 1.29 is 9.34 Å². The van der Waals surface area contributed by atoms with Gasteiger partial charge in [-0.3, -0.25) is 10.1 Å². The molecule has 2 heterocycles. The monoisotopic (exact) mass is 236 g/mol. The zero-order valence-electron chi connectivity index (χ0n) is 9.51. The summed E-state index contributed by atoms with van der Waals surface area (Å²) in [7, 11) is 1.66. The third kappa shape index (κ3) is 2.12. The number of furan rings is 1. The second-order valence-electron chi connectivity index (χ2n) is 3.65. The SMILES string of the molecule is Cc1nn(C)c(NCc2ccoc2)c1[N+](=O)[O-]. The second kappa shape index (κ2) is 4.28. The van der Waals surface area contributed by atoms with E-state index in [1.54, 1.807) is 32.6 Å². The normalized spacial score (nSPS) is 10.5. The van der Waals surface area contributed by atoms with E-state index in [2.05, 4.69) is 10.4 Å². The number of anilines is 1. The largest absolute Gasteiger partial charge is 0.472 e. The maximum atomic E-state index is 10.9. The summed E-state index contributed by atoms with van der Waals surface area (Å²) in [6.07, 6.45) is 3.14. The molecule has 0 aliphatic heterocycles. The van der Waals surface area contributed by atoms with Gasteiger partial charge in [0.05, 0.1) is 17.4 Å². The van der Waals surface area contributed by atoms with Gasteiger partial charge in [0.25, 0.3) is 0 Å². The van der Waals surface area contributed by atoms with E-state index in [0.717, 1.165) is 5.56 Å². The van der Waals surface area contributed by atoms with Crippen molar-refractivity contribution >= 4 is 11.5 Å². The number of nitrogens with one attached hydrogen (secondary N) is 1. The molecular formula is C10H12N4O3. The van der Waals surface area contributed by atoms with Gasteiger partial charge in [-0.1, -0.05) is 0 Å². The molecular weight excluding hydrogens is 224 g/mol. The van der Waals surface area contributed by atoms with Gasteiger partial charge < -0.3 is 9.73 Å². The van der Waals surface area contributed by atoms with Gasteiger partial charge in [-0.05, 0) is 13.0 Å². The molecule has 1 N–H and O–H groups in total. The smallest absolute Gasteiger partial charge is 0.333 e. The molecule has 0 spiro atoms. The molecule has 7 heteroatoms. The fourth-order valence-corrected chi connectivity index (χ4v) is 1.64. The lowest BCUT2D eigenvalue weighted by atomic mass is 10.3. The Morgan fingerprint density at radius 3 is 3.00 bits per heavy atom. The van der Waals surface area contributed by atoms with Crippen LogP contribution in [-0.4, -0.2) is 14.7 Å². The van der Waals surface area contributed by atoms with E-state index in [1.807, 2.05) is 0 Å². The van der Waals surface area contributed by atoms with Crippen LogP contribution < -0.4 is 5.32 Å². The Morgan fingerprint density at radius 1 is 1.65 bits per heavy atom. The summed E-state index contributed by atoms with van der Waals surface area (Å²) in [5.41, 5.74) is 1.32. The average molecular weight is 236 g/mol. The quantitative estimate of drug-likeness (QED) is 0.646. The fraction of sp³-hybridized carbons (Fsp3) is 0.300. The van der Waals surface area contributed by atoms with Crippen molar-refractivity contribution in [2.45, 2.75) is 13.5 Å². The molecule has 0 saturated carbocycles. The lowest BCUT2D eigenvalue weighted by Crippen LogP contribution is -2.05. The molecule has 0 saturated heterocycles. The molecule has 7 nitrogen and oxygen atoms in total. The first kappa shape index (κ1) is 11.2. The number of nitrogens with zero attached hydrogens (tertiary/aromatic N) is 3. The van der Waals surface area contributed by atoms with E-state index in [9.17, 15) is 10.1 Å². The molecule has 0 bridgehead atoms. The summed E-state index contributed by atoms with van der Waals surface area (Å²) in [6, 6.07) is 1.79. The fourth-order valence-electron chi connectivity index (χ4n) is 1.64. The molecule has 17 heavy (non-hydrogen) atoms. The Kier molecular flexibility index (Phi) is 2.82. The van der Waals surface area contributed by atoms with E-state index in [-0.39, 0.29) is 5.69 Å². The van der Waals surface area contributed by atoms with Crippen molar-refractivity contribution in [1.82, 2.24) is 9.78 Å². The lowest BCUT2D eigenvalue weighted by Gasteiger charge is -2.03. The van der Waals surface area contributed by atoms with Crippen LogP contribution >= 0.6 is 0 Å². The van der Waals surface area contributed by atoms with Gasteiger partial charge >= 0.3 is 5.69 Å². The summed E-state index contributed by atoms with van der Waals surface area (Å²) in [5.74, 6) is 0.397. The molecule has 0 aromatic carbocycles. The Hall–Kier alpha value is -2.31. The van der Waals surface area contributed by atoms with Crippen LogP contribution in [0.2, 0.25) is 0 Å². The summed E-state index contributed by atoms with van der Waals surface area (Å²) in [4.78, 5) is 10.5. The first-order valence-corrected chi connectivity index (χ1v) is 5.02. The highest BCUT2D eigenvalue weighted by molar-refractivity contribution is 5.59. The number of hydrogen-bond acceptors (Lipinski definition) is 5. The third-order valence-electron chi connectivity index (χ3n) is 2.41. The van der Waals surface area contributed by atoms with Gasteiger partial charge in [0.2, 0.25) is 5.82 Å². The Labute approximate surface area is 97.2 Å². The predicted octanol–water partition coefficient (Wildman–Crippen LogP) is 1.84. The molecule has 0 amide bonds. The third-order valence-corrected chi connectivity index (χ3v) is 2.41. The number of aromatic nitrogens is 2. The predicted molar refractivity (Wildman–Crippen MR) is 60.6 cm³/mol. The number of hydrogen-bond donors (Lipinski definition) is 1. The van der Waals surface area contributed by atoms with Crippen LogP contribution in [0.15, 0.2) is 23.0 Å². The van der Waals surface area contributed by atoms with Crippen LogP contribution in [0, 0.1) is 17.0 Å². The van der Waals surface area contributed by atoms with Crippen LogP contribution in [0.25, 0.3) is 0 Å². The zero-order chi connectivity index (χ0) is 12.4. The van der Waals surface area contributed by atoms with Crippen molar-refractivity contribution in [1.29, 1.82) is 0 Å². The van der Waals surface area contributed by atoms with Crippen LogP contribution in [0.3, 0.4) is 0 Å². The van der Waals surface area contributed by atoms with Crippen LogP contribution in [0.4, 0.5) is 11.5 Å². The molecule has 0 radical (unpaired) electrons. The Balaban J connectivity index is 2.23. The van der Waals surface area contributed by atoms with Gasteiger partial charge in [-0.25, -0.2) is 4.68 Å². The number of aryl methyl sites for hydroxylation is 2. The van der Waals surface area contributed by atoms with E-state index in [1.165, 1.54) is 4.68 Å². The van der Waals surface area contributed by atoms with Crippen LogP contribution in [-0.2, 0) is 13.6 Å². The van der Waals surface area contributed by atoms with Crippen LogP contribution in [0.1, 0.15) is 11.3 Å². The Morgan fingerprint density at radius 2 is 2.41 bits per heavy atom. The second-order valence-corrected chi connectivity index (χ2v) is 3.65. The summed E-state index contributed by atoms with van der Waals surface area (Å²) in [5, 5.41) is 17.9. The van der Waals surface area contributed by atoms with Gasteiger partial charge in [-0.15, -0.1) is 0 Å². The highest BCUT2D eigenvalue weighted by Crippen LogP contribution is 2.27. The molecule has 2 aromatic heterocycles. The minimum Gasteiger partial charge on any atom is -0.472 e. The maximum Gasteiger partial charge on any atom is 0.333 e. The van der Waals surface area contributed by atoms with E-state index >= 15 is 0 Å². The van der Waals surface area contributed by atoms with E-state index in [4.69, 9.17) is 4.42 Å². The zero-order valence-corrected chi connectivity index (χ0v) is 9.51. The van der Waals surface area contributed by atoms with Gasteiger partial charge in [0, 0.05) is 19.2 Å². The van der Waals surface area contributed by atoms with Crippen molar-refractivity contribution in [3.8, 4) is 0 Å². The molecule has 0 aliphatic rings. The minimum atomic E-state index is -0.431. The first-order chi connectivity index (χ1) is 8.09. The number of rotatable bonds is 4. The van der Waals surface area contributed by atoms with Crippen molar-refractivity contribution in [3.63, 3.8) is 0 Å². The van der Waals surface area contributed by atoms with Crippen molar-refractivity contribution in [3.05, 3.63) is 40.0 Å². The highest BCUT2D eigenvalue weighted by atomic mass is 16.6. The van der Waals surface area contributed by atoms with Gasteiger partial charge in [0.15, 0.2) is 0 Å². The standard InChI is InChI=1S/C10H12N4O3/c1-7-9(14(15)16)10(13(2)12-7)11-5-8-3-4-17-6-8/h3-4,6,11H,5H2,1-2H3. The average Bonchev–Trinajstić information content (AvgIpc) is 2.83. The lowest BCUT2D eigenvalue weighted by molar-refractivity contribution is -0.384. The molecule has 0 atom stereocenters. The van der Waals surface area contributed by atoms with E-state index in [0.29, 0.717) is 18.1 Å². The van der Waals surface area contributed by atoms with Gasteiger partial charge in [-0.2, -0.15) is 5.10 Å². The summed E-state index contributed by atoms with van der Waals surface area (Å²) in [6.45, 7) is 2.07. The van der Waals surface area contributed by atoms with Gasteiger partial charge in [0.1, 0.15) is 5.69 Å². The first-order valence-electron chi connectivity index (χ1n) is 5.02. The Bertz CT molecular complexity index is 530. The summed E-state index contributed by atoms with van der Waals surface area (Å²) < 4.78 is 6.39. The molecule has 90 valence electrons. The highest BCUT2D eigenvalue weighted by Gasteiger charge is 2.23. The molecule has 0 unspecified atom stereocenters. The molecule has 2 rings (SSSR count). The van der Waals surface area contributed by atoms with Crippen molar-refractivity contribution in [2.24, 2.45) is 7.05 Å². The summed E-state index contributed by atoms with van der Waals surface area (Å²) >= 11 is 0.